The molecule has 9 aromatic rings. The molecule has 0 bridgehead atoms. The number of pyridine rings is 1. The predicted octanol–water partition coefficient (Wildman–Crippen LogP) is 11.7. The molecule has 0 saturated heterocycles. The first-order chi connectivity index (χ1) is 23.8. The van der Waals surface area contributed by atoms with E-state index in [1.807, 2.05) is 42.7 Å². The molecule has 3 heteroatoms. The molecule has 0 spiro atoms. The van der Waals surface area contributed by atoms with Gasteiger partial charge >= 0.3 is 0 Å². The number of benzene rings is 7. The SMILES string of the molecule is c1ccc(-c2nc(-c3ccc(-c4ccncc4)cc3)cc(-c3ccc(-c4c5ccccc5cc5ccc6ccccc6c45)cc3)n2)cc1. The predicted molar refractivity (Wildman–Crippen MR) is 200 cm³/mol. The van der Waals surface area contributed by atoms with Gasteiger partial charge in [-0.15, -0.1) is 0 Å². The molecule has 0 atom stereocenters. The Kier molecular flexibility index (Phi) is 6.80. The van der Waals surface area contributed by atoms with Crippen LogP contribution < -0.4 is 0 Å². The first-order valence-electron chi connectivity index (χ1n) is 16.2. The number of fused-ring (bicyclic) bond motifs is 4. The second kappa shape index (κ2) is 11.7. The summed E-state index contributed by atoms with van der Waals surface area (Å²) < 4.78 is 0. The standard InChI is InChI=1S/C45H29N3/c1-2-9-36(10-3-1)45-47-41(33-17-14-30(15-18-33)31-24-26-46-27-25-31)29-42(48-45)34-19-21-35(22-20-34)43-40-13-7-5-11-37(40)28-38-23-16-32-8-4-6-12-39(32)44(38)43/h1-29H. The molecular weight excluding hydrogens is 583 g/mol. The quantitative estimate of drug-likeness (QED) is 0.144. The summed E-state index contributed by atoms with van der Waals surface area (Å²) in [5, 5.41) is 7.53. The van der Waals surface area contributed by atoms with Gasteiger partial charge in [-0.2, -0.15) is 0 Å². The lowest BCUT2D eigenvalue weighted by molar-refractivity contribution is 1.18. The van der Waals surface area contributed by atoms with E-state index in [1.165, 1.54) is 43.4 Å². The van der Waals surface area contributed by atoms with E-state index in [2.05, 4.69) is 138 Å². The van der Waals surface area contributed by atoms with Gasteiger partial charge in [0.1, 0.15) is 0 Å². The Morgan fingerprint density at radius 3 is 1.58 bits per heavy atom. The third-order valence-corrected chi connectivity index (χ3v) is 9.17. The van der Waals surface area contributed by atoms with Crippen molar-refractivity contribution < 1.29 is 0 Å². The lowest BCUT2D eigenvalue weighted by Gasteiger charge is -2.15. The first kappa shape index (κ1) is 27.8. The molecule has 0 fully saturated rings. The molecule has 0 aliphatic rings. The fourth-order valence-corrected chi connectivity index (χ4v) is 6.79. The summed E-state index contributed by atoms with van der Waals surface area (Å²) in [4.78, 5) is 14.3. The van der Waals surface area contributed by atoms with Gasteiger partial charge in [0, 0.05) is 29.1 Å². The first-order valence-corrected chi connectivity index (χ1v) is 16.2. The minimum absolute atomic E-state index is 0.705. The Bertz CT molecular complexity index is 2580. The van der Waals surface area contributed by atoms with Gasteiger partial charge in [-0.1, -0.05) is 140 Å². The average molecular weight is 612 g/mol. The lowest BCUT2D eigenvalue weighted by atomic mass is 9.89. The maximum absolute atomic E-state index is 5.09. The van der Waals surface area contributed by atoms with Crippen molar-refractivity contribution in [2.24, 2.45) is 0 Å². The fourth-order valence-electron chi connectivity index (χ4n) is 6.79. The van der Waals surface area contributed by atoms with Crippen LogP contribution in [0, 0.1) is 0 Å². The summed E-state index contributed by atoms with van der Waals surface area (Å²) in [6, 6.07) is 57.9. The smallest absolute Gasteiger partial charge is 0.160 e. The van der Waals surface area contributed by atoms with Gasteiger partial charge in [0.2, 0.25) is 0 Å². The van der Waals surface area contributed by atoms with Crippen molar-refractivity contribution in [2.75, 3.05) is 0 Å². The highest BCUT2D eigenvalue weighted by Gasteiger charge is 2.15. The summed E-state index contributed by atoms with van der Waals surface area (Å²) in [5.74, 6) is 0.705. The van der Waals surface area contributed by atoms with E-state index in [0.29, 0.717) is 5.82 Å². The summed E-state index contributed by atoms with van der Waals surface area (Å²) in [6.07, 6.45) is 3.64. The molecule has 3 nitrogen and oxygen atoms in total. The van der Waals surface area contributed by atoms with Crippen molar-refractivity contribution in [3.63, 3.8) is 0 Å². The lowest BCUT2D eigenvalue weighted by Crippen LogP contribution is -1.96. The summed E-state index contributed by atoms with van der Waals surface area (Å²) in [7, 11) is 0. The van der Waals surface area contributed by atoms with Crippen LogP contribution in [0.3, 0.4) is 0 Å². The van der Waals surface area contributed by atoms with Crippen molar-refractivity contribution >= 4 is 32.3 Å². The minimum Gasteiger partial charge on any atom is -0.265 e. The van der Waals surface area contributed by atoms with Crippen LogP contribution in [-0.4, -0.2) is 15.0 Å². The van der Waals surface area contributed by atoms with Gasteiger partial charge in [0.05, 0.1) is 11.4 Å². The zero-order valence-electron chi connectivity index (χ0n) is 26.1. The molecule has 9 rings (SSSR count). The Balaban J connectivity index is 1.18. The van der Waals surface area contributed by atoms with Gasteiger partial charge < -0.3 is 0 Å². The van der Waals surface area contributed by atoms with E-state index in [9.17, 15) is 0 Å². The largest absolute Gasteiger partial charge is 0.265 e. The van der Waals surface area contributed by atoms with Gasteiger partial charge in [-0.05, 0) is 78.8 Å². The van der Waals surface area contributed by atoms with Crippen molar-refractivity contribution in [2.45, 2.75) is 0 Å². The average Bonchev–Trinajstić information content (AvgIpc) is 3.17. The molecule has 0 radical (unpaired) electrons. The minimum atomic E-state index is 0.705. The molecule has 0 aliphatic heterocycles. The topological polar surface area (TPSA) is 38.7 Å². The highest BCUT2D eigenvalue weighted by molar-refractivity contribution is 6.21. The van der Waals surface area contributed by atoms with E-state index in [4.69, 9.17) is 9.97 Å². The van der Waals surface area contributed by atoms with Crippen LogP contribution in [0.25, 0.3) is 88.5 Å². The number of hydrogen-bond acceptors (Lipinski definition) is 3. The molecule has 0 amide bonds. The second-order valence-electron chi connectivity index (χ2n) is 12.1. The zero-order valence-corrected chi connectivity index (χ0v) is 26.1. The molecule has 2 aromatic heterocycles. The maximum Gasteiger partial charge on any atom is 0.160 e. The molecule has 7 aromatic carbocycles. The summed E-state index contributed by atoms with van der Waals surface area (Å²) >= 11 is 0. The van der Waals surface area contributed by atoms with Gasteiger partial charge in [-0.25, -0.2) is 9.97 Å². The van der Waals surface area contributed by atoms with Crippen molar-refractivity contribution in [3.05, 3.63) is 176 Å². The van der Waals surface area contributed by atoms with E-state index in [0.717, 1.165) is 39.2 Å². The molecule has 0 unspecified atom stereocenters. The van der Waals surface area contributed by atoms with Gasteiger partial charge in [-0.3, -0.25) is 4.98 Å². The molecule has 0 aliphatic carbocycles. The number of hydrogen-bond donors (Lipinski definition) is 0. The Hall–Kier alpha value is -6.45. The highest BCUT2D eigenvalue weighted by atomic mass is 14.9. The van der Waals surface area contributed by atoms with E-state index in [-0.39, 0.29) is 0 Å². The Morgan fingerprint density at radius 2 is 0.875 bits per heavy atom. The second-order valence-corrected chi connectivity index (χ2v) is 12.1. The van der Waals surface area contributed by atoms with Crippen LogP contribution in [0.1, 0.15) is 0 Å². The molecule has 0 saturated carbocycles. The number of nitrogens with zero attached hydrogens (tertiary/aromatic N) is 3. The summed E-state index contributed by atoms with van der Waals surface area (Å²) in [5.41, 5.74) is 9.56. The molecule has 224 valence electrons. The third kappa shape index (κ3) is 4.99. The Morgan fingerprint density at radius 1 is 0.333 bits per heavy atom. The monoisotopic (exact) mass is 611 g/mol. The summed E-state index contributed by atoms with van der Waals surface area (Å²) in [6.45, 7) is 0. The maximum atomic E-state index is 5.09. The van der Waals surface area contributed by atoms with Crippen molar-refractivity contribution in [3.8, 4) is 56.2 Å². The van der Waals surface area contributed by atoms with E-state index >= 15 is 0 Å². The molecule has 0 N–H and O–H groups in total. The molecule has 48 heavy (non-hydrogen) atoms. The van der Waals surface area contributed by atoms with Crippen LogP contribution >= 0.6 is 0 Å². The van der Waals surface area contributed by atoms with Crippen LogP contribution in [0.15, 0.2) is 176 Å². The molecular formula is C45H29N3. The number of rotatable bonds is 5. The van der Waals surface area contributed by atoms with Crippen LogP contribution in [-0.2, 0) is 0 Å². The fraction of sp³-hybridized carbons (Fsp3) is 0. The van der Waals surface area contributed by atoms with Crippen LogP contribution in [0.2, 0.25) is 0 Å². The normalized spacial score (nSPS) is 11.3. The number of aromatic nitrogens is 3. The van der Waals surface area contributed by atoms with Gasteiger partial charge in [0.15, 0.2) is 5.82 Å². The highest BCUT2D eigenvalue weighted by Crippen LogP contribution is 2.41. The zero-order chi connectivity index (χ0) is 31.9. The van der Waals surface area contributed by atoms with Gasteiger partial charge in [0.25, 0.3) is 0 Å². The van der Waals surface area contributed by atoms with Crippen LogP contribution in [0.5, 0.6) is 0 Å². The molecule has 2 heterocycles. The van der Waals surface area contributed by atoms with E-state index in [1.54, 1.807) is 0 Å². The van der Waals surface area contributed by atoms with E-state index < -0.39 is 0 Å². The third-order valence-electron chi connectivity index (χ3n) is 9.17. The van der Waals surface area contributed by atoms with Crippen molar-refractivity contribution in [1.82, 2.24) is 15.0 Å². The Labute approximate surface area is 278 Å². The van der Waals surface area contributed by atoms with Crippen LogP contribution in [0.4, 0.5) is 0 Å². The van der Waals surface area contributed by atoms with Crippen molar-refractivity contribution in [1.29, 1.82) is 0 Å².